The van der Waals surface area contributed by atoms with E-state index in [-0.39, 0.29) is 6.42 Å². The van der Waals surface area contributed by atoms with Crippen LogP contribution >= 0.6 is 11.6 Å². The van der Waals surface area contributed by atoms with Gasteiger partial charge in [-0.1, -0.05) is 23.4 Å². The summed E-state index contributed by atoms with van der Waals surface area (Å²) in [7, 11) is 0. The van der Waals surface area contributed by atoms with Crippen LogP contribution in [-0.4, -0.2) is 0 Å². The number of nitrogen functional groups attached to an aromatic ring is 1. The van der Waals surface area contributed by atoms with Crippen LogP contribution in [0.1, 0.15) is 12.0 Å². The van der Waals surface area contributed by atoms with E-state index in [1.807, 2.05) is 6.07 Å². The summed E-state index contributed by atoms with van der Waals surface area (Å²) in [5, 5.41) is 8.81. The van der Waals surface area contributed by atoms with Crippen LogP contribution in [0.4, 0.5) is 5.69 Å². The lowest BCUT2D eigenvalue weighted by Crippen LogP contribution is -1.85. The second kappa shape index (κ2) is 4.40. The van der Waals surface area contributed by atoms with Gasteiger partial charge in [-0.05, 0) is 18.2 Å². The van der Waals surface area contributed by atoms with Gasteiger partial charge < -0.3 is 5.73 Å². The maximum absolute atomic E-state index is 8.25. The summed E-state index contributed by atoms with van der Waals surface area (Å²) in [5.74, 6) is 5.47. The Kier molecular flexibility index (Phi) is 3.20. The molecular weight excluding hydrogens is 184 g/mol. The second-order valence-corrected chi connectivity index (χ2v) is 2.85. The minimum Gasteiger partial charge on any atom is -0.399 e. The normalized spacial score (nSPS) is 8.31. The zero-order chi connectivity index (χ0) is 9.68. The monoisotopic (exact) mass is 190 g/mol. The number of nitrogens with zero attached hydrogens (tertiary/aromatic N) is 1. The molecule has 1 aromatic carbocycles. The third kappa shape index (κ3) is 3.07. The van der Waals surface area contributed by atoms with Crippen LogP contribution in [0, 0.1) is 23.2 Å². The van der Waals surface area contributed by atoms with Gasteiger partial charge in [-0.3, -0.25) is 0 Å². The molecule has 0 aromatic heterocycles. The number of nitriles is 1. The third-order valence-electron chi connectivity index (χ3n) is 1.32. The highest BCUT2D eigenvalue weighted by Gasteiger charge is 1.92. The third-order valence-corrected chi connectivity index (χ3v) is 1.54. The Morgan fingerprint density at radius 2 is 2.15 bits per heavy atom. The Bertz CT molecular complexity index is 387. The summed E-state index contributed by atoms with van der Waals surface area (Å²) in [5.41, 5.74) is 6.86. The summed E-state index contributed by atoms with van der Waals surface area (Å²) >= 11 is 5.75. The molecule has 0 unspecified atom stereocenters. The molecule has 1 aromatic rings. The number of hydrogen-bond donors (Lipinski definition) is 1. The average Bonchev–Trinajstić information content (AvgIpc) is 2.03. The average molecular weight is 191 g/mol. The first-order chi connectivity index (χ1) is 6.22. The first kappa shape index (κ1) is 9.45. The SMILES string of the molecule is N#CCC#Cc1cc(N)cc(Cl)c1. The van der Waals surface area contributed by atoms with Crippen molar-refractivity contribution >= 4 is 17.3 Å². The predicted molar refractivity (Wildman–Crippen MR) is 53.0 cm³/mol. The van der Waals surface area contributed by atoms with Crippen LogP contribution < -0.4 is 5.73 Å². The predicted octanol–water partition coefficient (Wildman–Crippen LogP) is 2.19. The summed E-state index contributed by atoms with van der Waals surface area (Å²) in [4.78, 5) is 0. The lowest BCUT2D eigenvalue weighted by molar-refractivity contribution is 1.39. The summed E-state index contributed by atoms with van der Waals surface area (Å²) in [6.07, 6.45) is 0.215. The molecule has 3 heteroatoms. The Morgan fingerprint density at radius 3 is 2.77 bits per heavy atom. The molecule has 0 fully saturated rings. The molecule has 0 aliphatic heterocycles. The molecule has 1 rings (SSSR count). The van der Waals surface area contributed by atoms with Crippen LogP contribution in [0.25, 0.3) is 0 Å². The minimum absolute atomic E-state index is 0.215. The quantitative estimate of drug-likeness (QED) is 0.504. The van der Waals surface area contributed by atoms with Gasteiger partial charge in [0, 0.05) is 16.3 Å². The molecule has 0 saturated heterocycles. The van der Waals surface area contributed by atoms with Gasteiger partial charge >= 0.3 is 0 Å². The lowest BCUT2D eigenvalue weighted by Gasteiger charge is -1.95. The topological polar surface area (TPSA) is 49.8 Å². The van der Waals surface area contributed by atoms with Crippen LogP contribution in [0.2, 0.25) is 5.02 Å². The van der Waals surface area contributed by atoms with Crippen molar-refractivity contribution in [2.45, 2.75) is 6.42 Å². The Hall–Kier alpha value is -1.64. The molecule has 0 atom stereocenters. The molecular formula is C10H7ClN2. The summed E-state index contributed by atoms with van der Waals surface area (Å²) < 4.78 is 0. The lowest BCUT2D eigenvalue weighted by atomic mass is 10.2. The highest BCUT2D eigenvalue weighted by atomic mass is 35.5. The molecule has 2 N–H and O–H groups in total. The summed E-state index contributed by atoms with van der Waals surface area (Å²) in [6, 6.07) is 7.01. The van der Waals surface area contributed by atoms with Gasteiger partial charge in [0.25, 0.3) is 0 Å². The van der Waals surface area contributed by atoms with Gasteiger partial charge in [-0.15, -0.1) is 0 Å². The number of nitrogens with two attached hydrogens (primary N) is 1. The number of anilines is 1. The maximum Gasteiger partial charge on any atom is 0.0966 e. The second-order valence-electron chi connectivity index (χ2n) is 2.41. The van der Waals surface area contributed by atoms with E-state index < -0.39 is 0 Å². The molecule has 0 bridgehead atoms. The van der Waals surface area contributed by atoms with Crippen LogP contribution in [-0.2, 0) is 0 Å². The van der Waals surface area contributed by atoms with Crippen molar-refractivity contribution in [3.8, 4) is 17.9 Å². The Balaban J connectivity index is 2.92. The fourth-order valence-corrected chi connectivity index (χ4v) is 1.11. The van der Waals surface area contributed by atoms with Gasteiger partial charge in [0.15, 0.2) is 0 Å². The van der Waals surface area contributed by atoms with E-state index in [1.165, 1.54) is 0 Å². The zero-order valence-electron chi connectivity index (χ0n) is 6.84. The molecule has 0 saturated carbocycles. The van der Waals surface area contributed by atoms with E-state index in [0.29, 0.717) is 10.7 Å². The van der Waals surface area contributed by atoms with Crippen molar-refractivity contribution < 1.29 is 0 Å². The fraction of sp³-hybridized carbons (Fsp3) is 0.100. The highest BCUT2D eigenvalue weighted by molar-refractivity contribution is 6.30. The van der Waals surface area contributed by atoms with Gasteiger partial charge in [-0.25, -0.2) is 0 Å². The number of halogens is 1. The van der Waals surface area contributed by atoms with Crippen molar-refractivity contribution in [3.05, 3.63) is 28.8 Å². The van der Waals surface area contributed by atoms with Crippen molar-refractivity contribution in [1.82, 2.24) is 0 Å². The minimum atomic E-state index is 0.215. The first-order valence-corrected chi connectivity index (χ1v) is 4.02. The van der Waals surface area contributed by atoms with Gasteiger partial charge in [0.05, 0.1) is 12.5 Å². The zero-order valence-corrected chi connectivity index (χ0v) is 7.60. The van der Waals surface area contributed by atoms with Crippen LogP contribution in [0.5, 0.6) is 0 Å². The number of rotatable bonds is 0. The van der Waals surface area contributed by atoms with E-state index in [1.54, 1.807) is 18.2 Å². The molecule has 13 heavy (non-hydrogen) atoms. The van der Waals surface area contributed by atoms with Crippen molar-refractivity contribution in [2.24, 2.45) is 0 Å². The van der Waals surface area contributed by atoms with Crippen LogP contribution in [0.15, 0.2) is 18.2 Å². The molecule has 0 amide bonds. The van der Waals surface area contributed by atoms with Crippen LogP contribution in [0.3, 0.4) is 0 Å². The molecule has 0 aliphatic carbocycles. The van der Waals surface area contributed by atoms with E-state index in [9.17, 15) is 0 Å². The Morgan fingerprint density at radius 1 is 1.38 bits per heavy atom. The molecule has 0 aliphatic rings. The molecule has 2 nitrogen and oxygen atoms in total. The van der Waals surface area contributed by atoms with E-state index in [2.05, 4.69) is 11.8 Å². The van der Waals surface area contributed by atoms with E-state index in [4.69, 9.17) is 22.6 Å². The maximum atomic E-state index is 8.25. The van der Waals surface area contributed by atoms with Gasteiger partial charge in [0.1, 0.15) is 0 Å². The van der Waals surface area contributed by atoms with E-state index in [0.717, 1.165) is 5.56 Å². The van der Waals surface area contributed by atoms with E-state index >= 15 is 0 Å². The standard InChI is InChI=1S/C10H7ClN2/c11-9-5-8(3-1-2-4-12)6-10(13)7-9/h5-7H,2,13H2. The fourth-order valence-electron chi connectivity index (χ4n) is 0.870. The summed E-state index contributed by atoms with van der Waals surface area (Å²) in [6.45, 7) is 0. The largest absolute Gasteiger partial charge is 0.399 e. The number of hydrogen-bond acceptors (Lipinski definition) is 2. The molecule has 0 spiro atoms. The first-order valence-electron chi connectivity index (χ1n) is 3.64. The smallest absolute Gasteiger partial charge is 0.0966 e. The molecule has 0 radical (unpaired) electrons. The molecule has 0 heterocycles. The van der Waals surface area contributed by atoms with Crippen molar-refractivity contribution in [1.29, 1.82) is 5.26 Å². The van der Waals surface area contributed by atoms with Crippen molar-refractivity contribution in [3.63, 3.8) is 0 Å². The highest BCUT2D eigenvalue weighted by Crippen LogP contribution is 2.15. The van der Waals surface area contributed by atoms with Gasteiger partial charge in [-0.2, -0.15) is 5.26 Å². The van der Waals surface area contributed by atoms with Crippen molar-refractivity contribution in [2.75, 3.05) is 5.73 Å². The molecule has 64 valence electrons. The number of benzene rings is 1. The Labute approximate surface area is 81.9 Å². The van der Waals surface area contributed by atoms with Gasteiger partial charge in [0.2, 0.25) is 0 Å².